The molecule has 3 aromatic rings. The van der Waals surface area contributed by atoms with E-state index in [1.54, 1.807) is 37.4 Å². The number of hydrogen-bond acceptors (Lipinski definition) is 6. The number of aryl methyl sites for hydroxylation is 1. The number of pyridine rings is 1. The van der Waals surface area contributed by atoms with Crippen molar-refractivity contribution in [3.05, 3.63) is 66.4 Å². The average Bonchev–Trinajstić information content (AvgIpc) is 2.70. The third kappa shape index (κ3) is 4.52. The maximum atomic E-state index is 12.5. The normalized spacial score (nSPS) is 11.0. The Bertz CT molecular complexity index is 1050. The lowest BCUT2D eigenvalue weighted by Gasteiger charge is -2.11. The van der Waals surface area contributed by atoms with Gasteiger partial charge in [0.25, 0.3) is 10.0 Å². The molecular formula is C20H20N2O5S. The van der Waals surface area contributed by atoms with Crippen LogP contribution in [0, 0.1) is 6.92 Å². The highest BCUT2D eigenvalue weighted by atomic mass is 32.2. The number of hydrogen-bond donors (Lipinski definition) is 1. The van der Waals surface area contributed by atoms with E-state index < -0.39 is 10.0 Å². The summed E-state index contributed by atoms with van der Waals surface area (Å²) in [4.78, 5) is 4.28. The van der Waals surface area contributed by atoms with E-state index in [1.165, 1.54) is 25.4 Å². The van der Waals surface area contributed by atoms with Crippen LogP contribution in [0.25, 0.3) is 0 Å². The molecule has 1 aromatic heterocycles. The number of ether oxygens (including phenoxy) is 3. The van der Waals surface area contributed by atoms with Crippen molar-refractivity contribution < 1.29 is 22.6 Å². The second-order valence-corrected chi connectivity index (χ2v) is 7.60. The Morgan fingerprint density at radius 3 is 2.25 bits per heavy atom. The fourth-order valence-corrected chi connectivity index (χ4v) is 3.49. The van der Waals surface area contributed by atoms with Gasteiger partial charge in [0.15, 0.2) is 11.5 Å². The summed E-state index contributed by atoms with van der Waals surface area (Å²) in [7, 11) is -0.653. The van der Waals surface area contributed by atoms with Gasteiger partial charge in [0.05, 0.1) is 31.0 Å². The van der Waals surface area contributed by atoms with E-state index in [-0.39, 0.29) is 4.90 Å². The summed E-state index contributed by atoms with van der Waals surface area (Å²) in [6, 6.07) is 14.8. The molecule has 0 unspecified atom stereocenters. The molecule has 28 heavy (non-hydrogen) atoms. The zero-order chi connectivity index (χ0) is 20.1. The van der Waals surface area contributed by atoms with Crippen molar-refractivity contribution in [2.75, 3.05) is 18.9 Å². The third-order valence-corrected chi connectivity index (χ3v) is 5.29. The molecule has 7 nitrogen and oxygen atoms in total. The molecule has 146 valence electrons. The van der Waals surface area contributed by atoms with Crippen molar-refractivity contribution in [3.8, 4) is 23.1 Å². The molecule has 0 fully saturated rings. The van der Waals surface area contributed by atoms with Gasteiger partial charge in [-0.2, -0.15) is 0 Å². The Morgan fingerprint density at radius 2 is 1.64 bits per heavy atom. The first kappa shape index (κ1) is 19.5. The topological polar surface area (TPSA) is 86.8 Å². The Morgan fingerprint density at radius 1 is 0.893 bits per heavy atom. The molecule has 3 rings (SSSR count). The maximum Gasteiger partial charge on any atom is 0.261 e. The highest BCUT2D eigenvalue weighted by Gasteiger charge is 2.15. The van der Waals surface area contributed by atoms with Gasteiger partial charge >= 0.3 is 0 Å². The van der Waals surface area contributed by atoms with Gasteiger partial charge in [-0.1, -0.05) is 6.07 Å². The van der Waals surface area contributed by atoms with Crippen LogP contribution in [0.1, 0.15) is 5.56 Å². The predicted molar refractivity (Wildman–Crippen MR) is 106 cm³/mol. The second kappa shape index (κ2) is 8.18. The predicted octanol–water partition coefficient (Wildman–Crippen LogP) is 4.00. The lowest BCUT2D eigenvalue weighted by atomic mass is 10.2. The van der Waals surface area contributed by atoms with Crippen LogP contribution in [0.3, 0.4) is 0 Å². The molecule has 8 heteroatoms. The molecule has 0 saturated heterocycles. The quantitative estimate of drug-likeness (QED) is 0.645. The number of sulfonamides is 1. The van der Waals surface area contributed by atoms with Crippen LogP contribution >= 0.6 is 0 Å². The molecule has 1 heterocycles. The first-order valence-electron chi connectivity index (χ1n) is 8.37. The number of aromatic nitrogens is 1. The average molecular weight is 400 g/mol. The molecule has 0 spiro atoms. The van der Waals surface area contributed by atoms with Crippen LogP contribution in [0.5, 0.6) is 23.1 Å². The summed E-state index contributed by atoms with van der Waals surface area (Å²) in [5, 5.41) is 0. The van der Waals surface area contributed by atoms with Crippen LogP contribution in [0.15, 0.2) is 65.7 Å². The third-order valence-electron chi connectivity index (χ3n) is 3.89. The minimum atomic E-state index is -3.73. The molecule has 0 atom stereocenters. The van der Waals surface area contributed by atoms with E-state index in [1.807, 2.05) is 19.1 Å². The van der Waals surface area contributed by atoms with Crippen LogP contribution in [0.2, 0.25) is 0 Å². The molecule has 0 radical (unpaired) electrons. The van der Waals surface area contributed by atoms with Crippen molar-refractivity contribution in [2.24, 2.45) is 0 Å². The summed E-state index contributed by atoms with van der Waals surface area (Å²) in [5.74, 6) is 2.00. The van der Waals surface area contributed by atoms with Crippen LogP contribution in [0.4, 0.5) is 5.69 Å². The van der Waals surface area contributed by atoms with Gasteiger partial charge < -0.3 is 14.2 Å². The largest absolute Gasteiger partial charge is 0.497 e. The SMILES string of the molecule is COc1ccc(S(=O)(=O)Nc2ccc(Oc3ccc(C)cc3OC)nc2)cc1. The lowest BCUT2D eigenvalue weighted by molar-refractivity contribution is 0.374. The van der Waals surface area contributed by atoms with E-state index in [0.717, 1.165) is 5.56 Å². The molecule has 0 saturated carbocycles. The van der Waals surface area contributed by atoms with Crippen molar-refractivity contribution in [1.29, 1.82) is 0 Å². The van der Waals surface area contributed by atoms with Gasteiger partial charge in [-0.15, -0.1) is 0 Å². The molecule has 0 aliphatic carbocycles. The Balaban J connectivity index is 1.73. The number of rotatable bonds is 7. The Kier molecular flexibility index (Phi) is 5.70. The number of nitrogens with one attached hydrogen (secondary N) is 1. The maximum absolute atomic E-state index is 12.5. The summed E-state index contributed by atoms with van der Waals surface area (Å²) in [5.41, 5.74) is 1.36. The van der Waals surface area contributed by atoms with Gasteiger partial charge in [0.2, 0.25) is 5.88 Å². The van der Waals surface area contributed by atoms with Crippen molar-refractivity contribution in [3.63, 3.8) is 0 Å². The first-order valence-corrected chi connectivity index (χ1v) is 9.85. The van der Waals surface area contributed by atoms with Crippen molar-refractivity contribution in [1.82, 2.24) is 4.98 Å². The molecular weight excluding hydrogens is 380 g/mol. The lowest BCUT2D eigenvalue weighted by Crippen LogP contribution is -2.13. The molecule has 0 aliphatic heterocycles. The highest BCUT2D eigenvalue weighted by molar-refractivity contribution is 7.92. The molecule has 0 bridgehead atoms. The van der Waals surface area contributed by atoms with E-state index >= 15 is 0 Å². The first-order chi connectivity index (χ1) is 13.4. The Hall–Kier alpha value is -3.26. The number of methoxy groups -OCH3 is 2. The van der Waals surface area contributed by atoms with Gasteiger partial charge in [0, 0.05) is 6.07 Å². The van der Waals surface area contributed by atoms with Crippen molar-refractivity contribution >= 4 is 15.7 Å². The minimum Gasteiger partial charge on any atom is -0.497 e. The number of nitrogens with zero attached hydrogens (tertiary/aromatic N) is 1. The van der Waals surface area contributed by atoms with Gasteiger partial charge in [-0.25, -0.2) is 13.4 Å². The minimum absolute atomic E-state index is 0.123. The molecule has 2 aromatic carbocycles. The Labute approximate surface area is 164 Å². The highest BCUT2D eigenvalue weighted by Crippen LogP contribution is 2.31. The van der Waals surface area contributed by atoms with Gasteiger partial charge in [-0.05, 0) is 55.0 Å². The van der Waals surface area contributed by atoms with Crippen LogP contribution in [-0.2, 0) is 10.0 Å². The van der Waals surface area contributed by atoms with Crippen LogP contribution < -0.4 is 18.9 Å². The van der Waals surface area contributed by atoms with Crippen molar-refractivity contribution in [2.45, 2.75) is 11.8 Å². The van der Waals surface area contributed by atoms with E-state index in [4.69, 9.17) is 14.2 Å². The van der Waals surface area contributed by atoms with E-state index in [0.29, 0.717) is 28.8 Å². The second-order valence-electron chi connectivity index (χ2n) is 5.92. The summed E-state index contributed by atoms with van der Waals surface area (Å²) in [6.07, 6.45) is 1.39. The summed E-state index contributed by atoms with van der Waals surface area (Å²) >= 11 is 0. The fraction of sp³-hybridized carbons (Fsp3) is 0.150. The summed E-state index contributed by atoms with van der Waals surface area (Å²) < 4.78 is 43.5. The smallest absolute Gasteiger partial charge is 0.261 e. The zero-order valence-corrected chi connectivity index (χ0v) is 16.5. The molecule has 0 amide bonds. The van der Waals surface area contributed by atoms with Gasteiger partial charge in [0.1, 0.15) is 5.75 Å². The fourth-order valence-electron chi connectivity index (χ4n) is 2.44. The molecule has 0 aliphatic rings. The monoisotopic (exact) mass is 400 g/mol. The van der Waals surface area contributed by atoms with Crippen LogP contribution in [-0.4, -0.2) is 27.6 Å². The van der Waals surface area contributed by atoms with E-state index in [2.05, 4.69) is 9.71 Å². The molecule has 1 N–H and O–H groups in total. The number of benzene rings is 2. The number of anilines is 1. The van der Waals surface area contributed by atoms with E-state index in [9.17, 15) is 8.42 Å². The van der Waals surface area contributed by atoms with Gasteiger partial charge in [-0.3, -0.25) is 4.72 Å². The zero-order valence-electron chi connectivity index (χ0n) is 15.7. The standard InChI is InChI=1S/C20H20N2O5S/c1-14-4-10-18(19(12-14)26-3)27-20-11-5-15(13-21-20)22-28(23,24)17-8-6-16(25-2)7-9-17/h4-13,22H,1-3H3. The summed E-state index contributed by atoms with van der Waals surface area (Å²) in [6.45, 7) is 1.95.